The molecule has 0 aromatic heterocycles. The van der Waals surface area contributed by atoms with Crippen molar-refractivity contribution in [3.05, 3.63) is 0 Å². The summed E-state index contributed by atoms with van der Waals surface area (Å²) in [6.45, 7) is 20.7. The van der Waals surface area contributed by atoms with Crippen molar-refractivity contribution in [1.29, 1.82) is 0 Å². The van der Waals surface area contributed by atoms with Crippen molar-refractivity contribution in [2.24, 2.45) is 0 Å². The van der Waals surface area contributed by atoms with Crippen molar-refractivity contribution in [2.75, 3.05) is 13.1 Å². The molecule has 2 amide bonds. The molecule has 4 heteroatoms. The van der Waals surface area contributed by atoms with Gasteiger partial charge in [-0.25, -0.2) is 9.80 Å². The first-order chi connectivity index (χ1) is 8.26. The quantitative estimate of drug-likeness (QED) is 0.674. The van der Waals surface area contributed by atoms with E-state index in [-0.39, 0.29) is 22.6 Å². The molecule has 0 N–H and O–H groups in total. The Morgan fingerprint density at radius 2 is 1.21 bits per heavy atom. The van der Waals surface area contributed by atoms with Crippen molar-refractivity contribution in [2.45, 2.75) is 78.9 Å². The third kappa shape index (κ3) is 3.41. The number of carbonyl (C=O) groups excluding carboxylic acids is 1. The van der Waals surface area contributed by atoms with E-state index in [0.29, 0.717) is 0 Å². The maximum atomic E-state index is 12.9. The number of amides is 2. The normalized spacial score (nSPS) is 20.2. The van der Waals surface area contributed by atoms with E-state index >= 15 is 0 Å². The Labute approximate surface area is 118 Å². The van der Waals surface area contributed by atoms with Gasteiger partial charge in [0.1, 0.15) is 0 Å². The van der Waals surface area contributed by atoms with Crippen LogP contribution in [0.5, 0.6) is 0 Å². The standard InChI is InChI=1S/C15H31N3O/c1-13(2,3)16-10-11-17(14(4,5)6)18(12(16)19)15(7,8)9/h10-11H2,1-9H3. The lowest BCUT2D eigenvalue weighted by Gasteiger charge is -2.56. The van der Waals surface area contributed by atoms with Gasteiger partial charge in [0.05, 0.1) is 5.54 Å². The van der Waals surface area contributed by atoms with E-state index in [0.717, 1.165) is 13.1 Å². The van der Waals surface area contributed by atoms with E-state index in [1.807, 2.05) is 9.91 Å². The molecule has 1 fully saturated rings. The monoisotopic (exact) mass is 269 g/mol. The molecule has 0 aromatic rings. The predicted molar refractivity (Wildman–Crippen MR) is 79.9 cm³/mol. The van der Waals surface area contributed by atoms with Crippen molar-refractivity contribution in [1.82, 2.24) is 14.9 Å². The van der Waals surface area contributed by atoms with Crippen LogP contribution in [0, 0.1) is 0 Å². The zero-order valence-electron chi connectivity index (χ0n) is 14.2. The first kappa shape index (κ1) is 16.3. The second kappa shape index (κ2) is 4.65. The highest BCUT2D eigenvalue weighted by molar-refractivity contribution is 5.76. The average Bonchev–Trinajstić information content (AvgIpc) is 2.11. The summed E-state index contributed by atoms with van der Waals surface area (Å²) in [6, 6.07) is 0.112. The zero-order valence-corrected chi connectivity index (χ0v) is 14.2. The number of nitrogens with zero attached hydrogens (tertiary/aromatic N) is 3. The SMILES string of the molecule is CC(C)(C)N1CCN(C(C)(C)C)N(C(C)(C)C)C1=O. The summed E-state index contributed by atoms with van der Waals surface area (Å²) >= 11 is 0. The highest BCUT2D eigenvalue weighted by Crippen LogP contribution is 2.31. The number of rotatable bonds is 0. The van der Waals surface area contributed by atoms with Gasteiger partial charge in [-0.1, -0.05) is 0 Å². The molecule has 1 heterocycles. The highest BCUT2D eigenvalue weighted by Gasteiger charge is 2.45. The second-order valence-electron chi connectivity index (χ2n) is 8.38. The van der Waals surface area contributed by atoms with Crippen LogP contribution in [0.4, 0.5) is 4.79 Å². The van der Waals surface area contributed by atoms with Gasteiger partial charge in [0, 0.05) is 24.2 Å². The van der Waals surface area contributed by atoms with Crippen molar-refractivity contribution in [3.63, 3.8) is 0 Å². The van der Waals surface area contributed by atoms with Gasteiger partial charge in [0.2, 0.25) is 0 Å². The molecule has 1 aliphatic rings. The molecule has 4 nitrogen and oxygen atoms in total. The first-order valence-corrected chi connectivity index (χ1v) is 7.15. The lowest BCUT2D eigenvalue weighted by molar-refractivity contribution is -0.141. The Morgan fingerprint density at radius 3 is 1.53 bits per heavy atom. The molecule has 0 unspecified atom stereocenters. The first-order valence-electron chi connectivity index (χ1n) is 7.15. The van der Waals surface area contributed by atoms with Crippen LogP contribution in [-0.4, -0.2) is 50.7 Å². The fourth-order valence-corrected chi connectivity index (χ4v) is 2.51. The predicted octanol–water partition coefficient (Wildman–Crippen LogP) is 3.34. The third-order valence-corrected chi connectivity index (χ3v) is 3.41. The van der Waals surface area contributed by atoms with Gasteiger partial charge < -0.3 is 4.90 Å². The van der Waals surface area contributed by atoms with Crippen LogP contribution in [0.2, 0.25) is 0 Å². The van der Waals surface area contributed by atoms with Crippen molar-refractivity contribution >= 4 is 6.03 Å². The van der Waals surface area contributed by atoms with E-state index in [9.17, 15) is 4.79 Å². The molecule has 1 saturated heterocycles. The van der Waals surface area contributed by atoms with Crippen LogP contribution in [0.25, 0.3) is 0 Å². The van der Waals surface area contributed by atoms with Crippen LogP contribution in [0.15, 0.2) is 0 Å². The molecule has 1 rings (SSSR count). The number of carbonyl (C=O) groups is 1. The minimum atomic E-state index is -0.214. The zero-order chi connectivity index (χ0) is 15.2. The molecule has 0 radical (unpaired) electrons. The molecular weight excluding hydrogens is 238 g/mol. The lowest BCUT2D eigenvalue weighted by atomic mass is 10.0. The van der Waals surface area contributed by atoms with Crippen LogP contribution in [0.3, 0.4) is 0 Å². The summed E-state index contributed by atoms with van der Waals surface area (Å²) in [7, 11) is 0. The van der Waals surface area contributed by atoms with E-state index in [2.05, 4.69) is 67.3 Å². The van der Waals surface area contributed by atoms with E-state index in [4.69, 9.17) is 0 Å². The number of hydrogen-bond acceptors (Lipinski definition) is 2. The third-order valence-electron chi connectivity index (χ3n) is 3.41. The molecule has 19 heavy (non-hydrogen) atoms. The minimum Gasteiger partial charge on any atom is -0.317 e. The average molecular weight is 269 g/mol. The second-order valence-corrected chi connectivity index (χ2v) is 8.38. The smallest absolute Gasteiger partial charge is 0.317 e. The summed E-state index contributed by atoms with van der Waals surface area (Å²) in [6.07, 6.45) is 0. The molecule has 0 atom stereocenters. The molecule has 0 aliphatic carbocycles. The summed E-state index contributed by atoms with van der Waals surface area (Å²) in [4.78, 5) is 14.9. The highest BCUT2D eigenvalue weighted by atomic mass is 16.2. The molecule has 0 bridgehead atoms. The summed E-state index contributed by atoms with van der Waals surface area (Å²) in [5.41, 5.74) is -0.397. The number of urea groups is 1. The summed E-state index contributed by atoms with van der Waals surface area (Å²) in [5, 5.41) is 4.14. The maximum absolute atomic E-state index is 12.9. The summed E-state index contributed by atoms with van der Waals surface area (Å²) in [5.74, 6) is 0. The molecule has 112 valence electrons. The molecule has 1 aliphatic heterocycles. The van der Waals surface area contributed by atoms with Gasteiger partial charge in [-0.15, -0.1) is 0 Å². The number of hydrazine groups is 1. The Balaban J connectivity index is 3.16. The fraction of sp³-hybridized carbons (Fsp3) is 0.933. The molecule has 0 saturated carbocycles. The lowest BCUT2D eigenvalue weighted by Crippen LogP contribution is -2.71. The van der Waals surface area contributed by atoms with Gasteiger partial charge in [0.15, 0.2) is 0 Å². The Kier molecular flexibility index (Phi) is 3.99. The summed E-state index contributed by atoms with van der Waals surface area (Å²) < 4.78 is 0. The van der Waals surface area contributed by atoms with Gasteiger partial charge >= 0.3 is 6.03 Å². The van der Waals surface area contributed by atoms with Gasteiger partial charge in [0.25, 0.3) is 0 Å². The van der Waals surface area contributed by atoms with Crippen LogP contribution in [-0.2, 0) is 0 Å². The largest absolute Gasteiger partial charge is 0.335 e. The molecule has 0 spiro atoms. The van der Waals surface area contributed by atoms with E-state index in [1.165, 1.54) is 0 Å². The van der Waals surface area contributed by atoms with Gasteiger partial charge in [-0.3, -0.25) is 5.01 Å². The Hall–Kier alpha value is -0.770. The van der Waals surface area contributed by atoms with E-state index in [1.54, 1.807) is 0 Å². The fourth-order valence-electron chi connectivity index (χ4n) is 2.51. The molecular formula is C15H31N3O. The van der Waals surface area contributed by atoms with E-state index < -0.39 is 0 Å². The number of hydrogen-bond donors (Lipinski definition) is 0. The van der Waals surface area contributed by atoms with Crippen molar-refractivity contribution in [3.8, 4) is 0 Å². The molecule has 0 aromatic carbocycles. The van der Waals surface area contributed by atoms with Crippen LogP contribution < -0.4 is 0 Å². The van der Waals surface area contributed by atoms with Gasteiger partial charge in [-0.2, -0.15) is 0 Å². The maximum Gasteiger partial charge on any atom is 0.335 e. The van der Waals surface area contributed by atoms with Crippen molar-refractivity contribution < 1.29 is 4.79 Å². The van der Waals surface area contributed by atoms with Crippen LogP contribution >= 0.6 is 0 Å². The Morgan fingerprint density at radius 1 is 0.737 bits per heavy atom. The topological polar surface area (TPSA) is 26.8 Å². The Bertz CT molecular complexity index is 344. The minimum absolute atomic E-state index is 0.0487. The van der Waals surface area contributed by atoms with Gasteiger partial charge in [-0.05, 0) is 62.3 Å². The van der Waals surface area contributed by atoms with Crippen LogP contribution in [0.1, 0.15) is 62.3 Å².